The molecule has 0 radical (unpaired) electrons. The number of aliphatic imine (C=N–C) groups is 1. The lowest BCUT2D eigenvalue weighted by Crippen LogP contribution is -1.98. The van der Waals surface area contributed by atoms with Crippen LogP contribution in [0.5, 0.6) is 0 Å². The van der Waals surface area contributed by atoms with Crippen LogP contribution in [0.25, 0.3) is 0 Å². The third-order valence-electron chi connectivity index (χ3n) is 1.36. The van der Waals surface area contributed by atoms with Crippen LogP contribution >= 0.6 is 0 Å². The van der Waals surface area contributed by atoms with E-state index in [9.17, 15) is 0 Å². The van der Waals surface area contributed by atoms with E-state index in [0.717, 1.165) is 5.70 Å². The summed E-state index contributed by atoms with van der Waals surface area (Å²) in [7, 11) is 0. The van der Waals surface area contributed by atoms with E-state index in [0.29, 0.717) is 5.92 Å². The smallest absolute Gasteiger partial charge is 0.0853 e. The average molecular weight is 125 g/mol. The molecule has 0 saturated heterocycles. The lowest BCUT2D eigenvalue weighted by atomic mass is 10.3. The summed E-state index contributed by atoms with van der Waals surface area (Å²) in [5, 5.41) is 0. The zero-order valence-electron chi connectivity index (χ0n) is 5.25. The molecule has 0 amide bonds. The number of hydrogen-bond donors (Lipinski definition) is 2. The molecule has 0 aromatic rings. The largest absolute Gasteiger partial charge is 0.401 e. The van der Waals surface area contributed by atoms with Gasteiger partial charge in [0.25, 0.3) is 0 Å². The molecule has 0 heterocycles. The summed E-state index contributed by atoms with van der Waals surface area (Å²) < 4.78 is 0. The molecule has 4 N–H and O–H groups in total. The molecule has 3 heteroatoms. The highest BCUT2D eigenvalue weighted by Crippen LogP contribution is 2.33. The lowest BCUT2D eigenvalue weighted by molar-refractivity contribution is 0.971. The average Bonchev–Trinajstić information content (AvgIpc) is 2.63. The first kappa shape index (κ1) is 6.13. The Morgan fingerprint density at radius 3 is 2.67 bits per heavy atom. The standard InChI is InChI=1S/C6H11N3/c7-4-9-3-6(8)5-1-2-5/h3-5H,1-2,8H2,(H2,7,9)/b6-3-. The van der Waals surface area contributed by atoms with Gasteiger partial charge in [-0.1, -0.05) is 0 Å². The van der Waals surface area contributed by atoms with Crippen molar-refractivity contribution in [2.45, 2.75) is 12.8 Å². The summed E-state index contributed by atoms with van der Waals surface area (Å²) in [6.45, 7) is 0. The second-order valence-electron chi connectivity index (χ2n) is 2.20. The fourth-order valence-electron chi connectivity index (χ4n) is 0.651. The van der Waals surface area contributed by atoms with Crippen LogP contribution in [0, 0.1) is 5.92 Å². The summed E-state index contributed by atoms with van der Waals surface area (Å²) in [5.74, 6) is 0.591. The zero-order chi connectivity index (χ0) is 6.69. The molecule has 0 unspecified atom stereocenters. The van der Waals surface area contributed by atoms with Crippen LogP contribution in [0.2, 0.25) is 0 Å². The van der Waals surface area contributed by atoms with Crippen LogP contribution in [0.3, 0.4) is 0 Å². The number of allylic oxidation sites excluding steroid dienone is 1. The van der Waals surface area contributed by atoms with Gasteiger partial charge in [-0.2, -0.15) is 0 Å². The van der Waals surface area contributed by atoms with E-state index in [1.54, 1.807) is 6.20 Å². The van der Waals surface area contributed by atoms with Gasteiger partial charge in [-0.05, 0) is 12.8 Å². The van der Waals surface area contributed by atoms with Crippen LogP contribution in [0.15, 0.2) is 16.9 Å². The maximum absolute atomic E-state index is 5.56. The summed E-state index contributed by atoms with van der Waals surface area (Å²) >= 11 is 0. The zero-order valence-corrected chi connectivity index (χ0v) is 5.25. The molecule has 0 atom stereocenters. The van der Waals surface area contributed by atoms with E-state index in [1.165, 1.54) is 19.2 Å². The normalized spacial score (nSPS) is 21.1. The lowest BCUT2D eigenvalue weighted by Gasteiger charge is -1.90. The third kappa shape index (κ3) is 1.76. The predicted octanol–water partition coefficient (Wildman–Crippen LogP) is 0.183. The predicted molar refractivity (Wildman–Crippen MR) is 37.7 cm³/mol. The molecule has 50 valence electrons. The monoisotopic (exact) mass is 125 g/mol. The molecule has 0 aromatic carbocycles. The van der Waals surface area contributed by atoms with Crippen molar-refractivity contribution in [3.63, 3.8) is 0 Å². The molecule has 1 aliphatic rings. The van der Waals surface area contributed by atoms with E-state index < -0.39 is 0 Å². The van der Waals surface area contributed by atoms with Crippen molar-refractivity contribution in [2.24, 2.45) is 22.4 Å². The Hall–Kier alpha value is -0.990. The van der Waals surface area contributed by atoms with E-state index in [4.69, 9.17) is 11.5 Å². The van der Waals surface area contributed by atoms with Crippen LogP contribution < -0.4 is 11.5 Å². The van der Waals surface area contributed by atoms with Gasteiger partial charge in [-0.25, -0.2) is 4.99 Å². The summed E-state index contributed by atoms with van der Waals surface area (Å²) in [6.07, 6.45) is 5.29. The highest BCUT2D eigenvalue weighted by atomic mass is 14.8. The Kier molecular flexibility index (Phi) is 1.72. The van der Waals surface area contributed by atoms with Crippen molar-refractivity contribution in [3.05, 3.63) is 11.9 Å². The molecule has 1 aliphatic carbocycles. The van der Waals surface area contributed by atoms with Gasteiger partial charge in [-0.15, -0.1) is 0 Å². The van der Waals surface area contributed by atoms with E-state index in [2.05, 4.69) is 4.99 Å². The maximum atomic E-state index is 5.56. The van der Waals surface area contributed by atoms with Crippen molar-refractivity contribution >= 4 is 6.34 Å². The molecule has 1 rings (SSSR count). The Morgan fingerprint density at radius 2 is 2.22 bits per heavy atom. The Balaban J connectivity index is 2.37. The minimum atomic E-state index is 0.591. The number of rotatable bonds is 2. The molecule has 1 fully saturated rings. The Bertz CT molecular complexity index is 144. The summed E-state index contributed by atoms with van der Waals surface area (Å²) in [5.41, 5.74) is 11.4. The van der Waals surface area contributed by atoms with Gasteiger partial charge < -0.3 is 11.5 Å². The van der Waals surface area contributed by atoms with Crippen LogP contribution in [-0.2, 0) is 0 Å². The molecule has 3 nitrogen and oxygen atoms in total. The highest BCUT2D eigenvalue weighted by Gasteiger charge is 2.23. The van der Waals surface area contributed by atoms with Crippen LogP contribution in [-0.4, -0.2) is 6.34 Å². The van der Waals surface area contributed by atoms with Gasteiger partial charge >= 0.3 is 0 Å². The SMILES string of the molecule is NC=N/C=C(\N)C1CC1. The number of hydrogen-bond acceptors (Lipinski definition) is 2. The minimum Gasteiger partial charge on any atom is -0.401 e. The van der Waals surface area contributed by atoms with Gasteiger partial charge in [0.2, 0.25) is 0 Å². The van der Waals surface area contributed by atoms with E-state index in [-0.39, 0.29) is 0 Å². The maximum Gasteiger partial charge on any atom is 0.0853 e. The summed E-state index contributed by atoms with van der Waals surface area (Å²) in [6, 6.07) is 0. The first-order valence-electron chi connectivity index (χ1n) is 3.03. The molecule has 0 bridgehead atoms. The highest BCUT2D eigenvalue weighted by molar-refractivity contribution is 5.52. The second kappa shape index (κ2) is 2.53. The number of nitrogens with zero attached hydrogens (tertiary/aromatic N) is 1. The van der Waals surface area contributed by atoms with E-state index >= 15 is 0 Å². The van der Waals surface area contributed by atoms with Gasteiger partial charge in [-0.3, -0.25) is 0 Å². The van der Waals surface area contributed by atoms with Gasteiger partial charge in [0.05, 0.1) is 6.34 Å². The van der Waals surface area contributed by atoms with Crippen molar-refractivity contribution in [2.75, 3.05) is 0 Å². The van der Waals surface area contributed by atoms with Crippen molar-refractivity contribution in [1.29, 1.82) is 0 Å². The Labute approximate surface area is 54.4 Å². The Morgan fingerprint density at radius 1 is 1.56 bits per heavy atom. The van der Waals surface area contributed by atoms with Crippen molar-refractivity contribution < 1.29 is 0 Å². The van der Waals surface area contributed by atoms with Gasteiger partial charge in [0.1, 0.15) is 0 Å². The van der Waals surface area contributed by atoms with Gasteiger partial charge in [0, 0.05) is 17.8 Å². The third-order valence-corrected chi connectivity index (χ3v) is 1.36. The first-order chi connectivity index (χ1) is 4.34. The summed E-state index contributed by atoms with van der Waals surface area (Å²) in [4.78, 5) is 3.70. The second-order valence-corrected chi connectivity index (χ2v) is 2.20. The molecule has 0 aliphatic heterocycles. The van der Waals surface area contributed by atoms with Crippen LogP contribution in [0.4, 0.5) is 0 Å². The molecule has 0 aromatic heterocycles. The first-order valence-corrected chi connectivity index (χ1v) is 3.03. The minimum absolute atomic E-state index is 0.591. The fraction of sp³-hybridized carbons (Fsp3) is 0.500. The quantitative estimate of drug-likeness (QED) is 0.408. The van der Waals surface area contributed by atoms with Crippen LogP contribution in [0.1, 0.15) is 12.8 Å². The van der Waals surface area contributed by atoms with E-state index in [1.807, 2.05) is 0 Å². The number of nitrogens with two attached hydrogens (primary N) is 2. The topological polar surface area (TPSA) is 64.4 Å². The van der Waals surface area contributed by atoms with Crippen molar-refractivity contribution in [1.82, 2.24) is 0 Å². The van der Waals surface area contributed by atoms with Gasteiger partial charge in [0.15, 0.2) is 0 Å². The molecular weight excluding hydrogens is 114 g/mol. The molecular formula is C6H11N3. The molecule has 1 saturated carbocycles. The van der Waals surface area contributed by atoms with Crippen molar-refractivity contribution in [3.8, 4) is 0 Å². The molecule has 9 heavy (non-hydrogen) atoms. The fourth-order valence-corrected chi connectivity index (χ4v) is 0.651. The molecule has 0 spiro atoms.